The lowest BCUT2D eigenvalue weighted by atomic mass is 10.2. The summed E-state index contributed by atoms with van der Waals surface area (Å²) in [6.07, 6.45) is 1.47. The molecule has 0 spiro atoms. The Morgan fingerprint density at radius 1 is 1.50 bits per heavy atom. The van der Waals surface area contributed by atoms with E-state index in [0.717, 1.165) is 0 Å². The Kier molecular flexibility index (Phi) is 1.90. The Balaban J connectivity index is 2.46. The van der Waals surface area contributed by atoms with Crippen molar-refractivity contribution < 1.29 is 4.79 Å². The predicted molar refractivity (Wildman–Crippen MR) is 45.9 cm³/mol. The van der Waals surface area contributed by atoms with Crippen molar-refractivity contribution in [2.75, 3.05) is 0 Å². The van der Waals surface area contributed by atoms with Gasteiger partial charge in [-0.3, -0.25) is 9.78 Å². The van der Waals surface area contributed by atoms with Gasteiger partial charge in [-0.1, -0.05) is 0 Å². The minimum Gasteiger partial charge on any atom is -0.366 e. The molecule has 2 aromatic rings. The number of rotatable bonds is 2. The molecule has 0 atom stereocenters. The van der Waals surface area contributed by atoms with E-state index in [-0.39, 0.29) is 0 Å². The molecular formula is C7H6N6O. The van der Waals surface area contributed by atoms with Crippen LogP contribution in [0.15, 0.2) is 18.3 Å². The van der Waals surface area contributed by atoms with Gasteiger partial charge >= 0.3 is 0 Å². The zero-order valence-electron chi connectivity index (χ0n) is 7.01. The van der Waals surface area contributed by atoms with Gasteiger partial charge in [-0.25, -0.2) is 5.10 Å². The Morgan fingerprint density at radius 3 is 3.00 bits per heavy atom. The summed E-state index contributed by atoms with van der Waals surface area (Å²) < 4.78 is 0. The molecule has 1 amide bonds. The van der Waals surface area contributed by atoms with Crippen LogP contribution < -0.4 is 5.73 Å². The van der Waals surface area contributed by atoms with Crippen LogP contribution in [-0.2, 0) is 0 Å². The van der Waals surface area contributed by atoms with Crippen molar-refractivity contribution in [1.82, 2.24) is 25.6 Å². The van der Waals surface area contributed by atoms with E-state index in [9.17, 15) is 4.79 Å². The fraction of sp³-hybridized carbons (Fsp3) is 0. The molecule has 0 aliphatic rings. The normalized spacial score (nSPS) is 10.0. The van der Waals surface area contributed by atoms with Gasteiger partial charge in [0.1, 0.15) is 5.69 Å². The fourth-order valence-corrected chi connectivity index (χ4v) is 0.981. The highest BCUT2D eigenvalue weighted by atomic mass is 16.1. The van der Waals surface area contributed by atoms with Crippen molar-refractivity contribution in [1.29, 1.82) is 0 Å². The van der Waals surface area contributed by atoms with Crippen molar-refractivity contribution in [2.45, 2.75) is 0 Å². The van der Waals surface area contributed by atoms with Crippen LogP contribution in [0.5, 0.6) is 0 Å². The molecule has 14 heavy (non-hydrogen) atoms. The van der Waals surface area contributed by atoms with E-state index in [1.54, 1.807) is 0 Å². The molecular weight excluding hydrogens is 184 g/mol. The maximum atomic E-state index is 10.9. The molecule has 0 aliphatic heterocycles. The molecule has 0 aliphatic carbocycles. The molecule has 0 bridgehead atoms. The molecule has 7 heteroatoms. The van der Waals surface area contributed by atoms with E-state index < -0.39 is 5.91 Å². The van der Waals surface area contributed by atoms with Crippen LogP contribution in [0, 0.1) is 0 Å². The van der Waals surface area contributed by atoms with Gasteiger partial charge in [0.25, 0.3) is 0 Å². The molecule has 3 N–H and O–H groups in total. The van der Waals surface area contributed by atoms with E-state index in [0.29, 0.717) is 17.1 Å². The first-order valence-corrected chi connectivity index (χ1v) is 3.77. The molecule has 2 heterocycles. The average molecular weight is 190 g/mol. The third-order valence-electron chi connectivity index (χ3n) is 1.63. The number of hydrogen-bond donors (Lipinski definition) is 2. The molecule has 0 fully saturated rings. The smallest absolute Gasteiger partial charge is 0.248 e. The number of hydrogen-bond acceptors (Lipinski definition) is 5. The van der Waals surface area contributed by atoms with E-state index >= 15 is 0 Å². The number of carbonyl (C=O) groups excluding carboxylic acids is 1. The van der Waals surface area contributed by atoms with E-state index in [2.05, 4.69) is 25.6 Å². The monoisotopic (exact) mass is 190 g/mol. The number of nitrogens with two attached hydrogens (primary N) is 1. The third kappa shape index (κ3) is 1.42. The van der Waals surface area contributed by atoms with E-state index in [1.165, 1.54) is 18.3 Å². The lowest BCUT2D eigenvalue weighted by Gasteiger charge is -1.96. The van der Waals surface area contributed by atoms with Crippen molar-refractivity contribution >= 4 is 5.91 Å². The number of aromatic amines is 1. The lowest BCUT2D eigenvalue weighted by Crippen LogP contribution is -2.11. The average Bonchev–Trinajstić information content (AvgIpc) is 2.71. The van der Waals surface area contributed by atoms with Gasteiger partial charge in [0.15, 0.2) is 5.82 Å². The topological polar surface area (TPSA) is 110 Å². The number of tetrazole rings is 1. The second-order valence-electron chi connectivity index (χ2n) is 2.54. The molecule has 0 saturated heterocycles. The molecule has 0 radical (unpaired) electrons. The Morgan fingerprint density at radius 2 is 2.36 bits per heavy atom. The van der Waals surface area contributed by atoms with E-state index in [4.69, 9.17) is 5.73 Å². The van der Waals surface area contributed by atoms with Gasteiger partial charge < -0.3 is 5.73 Å². The Hall–Kier alpha value is -2.31. The number of carbonyl (C=O) groups is 1. The van der Waals surface area contributed by atoms with Gasteiger partial charge in [0.2, 0.25) is 5.91 Å². The number of nitrogens with zero attached hydrogens (tertiary/aromatic N) is 4. The summed E-state index contributed by atoms with van der Waals surface area (Å²) in [5.74, 6) is -0.116. The van der Waals surface area contributed by atoms with Gasteiger partial charge in [-0.2, -0.15) is 0 Å². The largest absolute Gasteiger partial charge is 0.366 e. The van der Waals surface area contributed by atoms with Gasteiger partial charge in [0, 0.05) is 11.8 Å². The molecule has 0 unspecified atom stereocenters. The summed E-state index contributed by atoms with van der Waals surface area (Å²) in [5.41, 5.74) is 5.95. The molecule has 7 nitrogen and oxygen atoms in total. The summed E-state index contributed by atoms with van der Waals surface area (Å²) in [5, 5.41) is 13.0. The van der Waals surface area contributed by atoms with Gasteiger partial charge in [-0.05, 0) is 22.6 Å². The zero-order valence-corrected chi connectivity index (χ0v) is 7.01. The number of amides is 1. The summed E-state index contributed by atoms with van der Waals surface area (Å²) in [6.45, 7) is 0. The molecule has 70 valence electrons. The van der Waals surface area contributed by atoms with Crippen LogP contribution in [0.3, 0.4) is 0 Å². The van der Waals surface area contributed by atoms with Crippen LogP contribution in [0.2, 0.25) is 0 Å². The fourth-order valence-electron chi connectivity index (χ4n) is 0.981. The second-order valence-corrected chi connectivity index (χ2v) is 2.54. The van der Waals surface area contributed by atoms with Crippen molar-refractivity contribution in [3.63, 3.8) is 0 Å². The van der Waals surface area contributed by atoms with Crippen LogP contribution >= 0.6 is 0 Å². The Bertz CT molecular complexity index is 451. The standard InChI is InChI=1S/C7H6N6O/c8-6(14)4-1-2-9-5(3-4)7-10-12-13-11-7/h1-3H,(H2,8,14)(H,10,11,12,13). The zero-order chi connectivity index (χ0) is 9.97. The summed E-state index contributed by atoms with van der Waals surface area (Å²) in [7, 11) is 0. The first-order valence-electron chi connectivity index (χ1n) is 3.77. The first-order chi connectivity index (χ1) is 6.77. The molecule has 0 saturated carbocycles. The number of aromatic nitrogens is 5. The maximum absolute atomic E-state index is 10.9. The van der Waals surface area contributed by atoms with Crippen LogP contribution in [0.1, 0.15) is 10.4 Å². The van der Waals surface area contributed by atoms with Gasteiger partial charge in [0.05, 0.1) is 0 Å². The summed E-state index contributed by atoms with van der Waals surface area (Å²) >= 11 is 0. The van der Waals surface area contributed by atoms with Crippen LogP contribution in [0.25, 0.3) is 11.5 Å². The summed E-state index contributed by atoms with van der Waals surface area (Å²) in [6, 6.07) is 3.04. The minimum absolute atomic E-state index is 0.367. The highest BCUT2D eigenvalue weighted by molar-refractivity contribution is 5.93. The molecule has 2 aromatic heterocycles. The number of nitrogens with one attached hydrogen (secondary N) is 1. The summed E-state index contributed by atoms with van der Waals surface area (Å²) in [4.78, 5) is 14.8. The third-order valence-corrected chi connectivity index (χ3v) is 1.63. The second kappa shape index (κ2) is 3.21. The first kappa shape index (κ1) is 8.30. The number of primary amides is 1. The maximum Gasteiger partial charge on any atom is 0.248 e. The highest BCUT2D eigenvalue weighted by Gasteiger charge is 2.06. The lowest BCUT2D eigenvalue weighted by molar-refractivity contribution is 0.1000. The number of H-pyrrole nitrogens is 1. The van der Waals surface area contributed by atoms with Crippen LogP contribution in [0.4, 0.5) is 0 Å². The number of pyridine rings is 1. The van der Waals surface area contributed by atoms with Crippen molar-refractivity contribution in [3.05, 3.63) is 23.9 Å². The SMILES string of the molecule is NC(=O)c1ccnc(-c2nnn[nH]2)c1. The quantitative estimate of drug-likeness (QED) is 0.654. The Labute approximate surface area is 78.3 Å². The minimum atomic E-state index is -0.513. The predicted octanol–water partition coefficient (Wildman–Crippen LogP) is -0.639. The van der Waals surface area contributed by atoms with Crippen molar-refractivity contribution in [3.8, 4) is 11.5 Å². The van der Waals surface area contributed by atoms with Gasteiger partial charge in [-0.15, -0.1) is 5.10 Å². The van der Waals surface area contributed by atoms with Crippen LogP contribution in [-0.4, -0.2) is 31.5 Å². The van der Waals surface area contributed by atoms with E-state index in [1.807, 2.05) is 0 Å². The van der Waals surface area contributed by atoms with Crippen molar-refractivity contribution in [2.24, 2.45) is 5.73 Å². The molecule has 2 rings (SSSR count). The highest BCUT2D eigenvalue weighted by Crippen LogP contribution is 2.10. The molecule has 0 aromatic carbocycles.